The fraction of sp³-hybridized carbons (Fsp3) is 0.667. The van der Waals surface area contributed by atoms with Crippen LogP contribution in [-0.4, -0.2) is 11.1 Å². The third-order valence-corrected chi connectivity index (χ3v) is 3.32. The molecule has 0 aliphatic carbocycles. The molecule has 17 heavy (non-hydrogen) atoms. The highest BCUT2D eigenvalue weighted by Gasteiger charge is 2.30. The number of rotatable bonds is 11. The minimum Gasteiger partial charge on any atom is -0.480 e. The Morgan fingerprint density at radius 2 is 1.53 bits per heavy atom. The Balaban J connectivity index is 3.81. The topological polar surface area (TPSA) is 37.3 Å². The van der Waals surface area contributed by atoms with Crippen LogP contribution in [0.1, 0.15) is 58.3 Å². The number of carbonyl (C=O) groups is 1. The molecule has 0 aliphatic rings. The van der Waals surface area contributed by atoms with Gasteiger partial charge in [-0.25, -0.2) is 0 Å². The van der Waals surface area contributed by atoms with Gasteiger partial charge in [0.2, 0.25) is 0 Å². The Hall–Kier alpha value is -1.05. The van der Waals surface area contributed by atoms with Crippen molar-refractivity contribution in [1.29, 1.82) is 0 Å². The minimum atomic E-state index is -0.927. The second-order valence-electron chi connectivity index (χ2n) is 4.63. The van der Waals surface area contributed by atoms with E-state index in [-0.39, 0.29) is 0 Å². The summed E-state index contributed by atoms with van der Waals surface area (Å²) in [7, 11) is 0. The second-order valence-corrected chi connectivity index (χ2v) is 4.63. The van der Waals surface area contributed by atoms with Crippen molar-refractivity contribution < 1.29 is 9.90 Å². The predicted molar refractivity (Wildman–Crippen MR) is 73.1 cm³/mol. The third kappa shape index (κ3) is 5.71. The number of carboxylic acids is 1. The van der Waals surface area contributed by atoms with Crippen molar-refractivity contribution in [2.24, 2.45) is 5.41 Å². The molecule has 0 aliphatic heterocycles. The molecule has 0 aromatic rings. The van der Waals surface area contributed by atoms with E-state index in [2.05, 4.69) is 20.1 Å². The van der Waals surface area contributed by atoms with Gasteiger partial charge in [0.05, 0.1) is 0 Å². The van der Waals surface area contributed by atoms with Gasteiger partial charge in [0, 0.05) is 0 Å². The molecule has 0 unspecified atom stereocenters. The average molecular weight is 238 g/mol. The molecule has 0 saturated carbocycles. The second kappa shape index (κ2) is 9.03. The molecule has 0 amide bonds. The summed E-state index contributed by atoms with van der Waals surface area (Å²) >= 11 is 0. The molecule has 2 heteroatoms. The zero-order valence-corrected chi connectivity index (χ0v) is 11.1. The Morgan fingerprint density at radius 1 is 1.06 bits per heavy atom. The summed E-state index contributed by atoms with van der Waals surface area (Å²) in [6.45, 7) is 9.43. The highest BCUT2D eigenvalue weighted by atomic mass is 16.4. The summed E-state index contributed by atoms with van der Waals surface area (Å²) in [5.41, 5.74) is -0.927. The SMILES string of the molecule is C=CC(C=C)(CCCCCCCCC)C(=O)O. The van der Waals surface area contributed by atoms with Crippen LogP contribution in [0.3, 0.4) is 0 Å². The van der Waals surface area contributed by atoms with Crippen LogP contribution < -0.4 is 0 Å². The highest BCUT2D eigenvalue weighted by molar-refractivity contribution is 5.79. The maximum absolute atomic E-state index is 11.1. The smallest absolute Gasteiger partial charge is 0.317 e. The Bertz CT molecular complexity index is 235. The largest absolute Gasteiger partial charge is 0.480 e. The molecular weight excluding hydrogens is 212 g/mol. The highest BCUT2D eigenvalue weighted by Crippen LogP contribution is 2.28. The monoisotopic (exact) mass is 238 g/mol. The van der Waals surface area contributed by atoms with Crippen molar-refractivity contribution in [2.75, 3.05) is 0 Å². The lowest BCUT2D eigenvalue weighted by Crippen LogP contribution is -2.25. The summed E-state index contributed by atoms with van der Waals surface area (Å²) < 4.78 is 0. The van der Waals surface area contributed by atoms with Crippen molar-refractivity contribution in [2.45, 2.75) is 58.3 Å². The van der Waals surface area contributed by atoms with Crippen LogP contribution in [0.25, 0.3) is 0 Å². The molecular formula is C15H26O2. The van der Waals surface area contributed by atoms with Gasteiger partial charge >= 0.3 is 5.97 Å². The van der Waals surface area contributed by atoms with Gasteiger partial charge < -0.3 is 5.11 Å². The van der Waals surface area contributed by atoms with E-state index in [0.717, 1.165) is 12.8 Å². The van der Waals surface area contributed by atoms with E-state index in [1.807, 2.05) is 0 Å². The van der Waals surface area contributed by atoms with Crippen LogP contribution >= 0.6 is 0 Å². The maximum Gasteiger partial charge on any atom is 0.317 e. The van der Waals surface area contributed by atoms with Gasteiger partial charge in [-0.05, 0) is 6.42 Å². The lowest BCUT2D eigenvalue weighted by molar-refractivity contribution is -0.143. The fourth-order valence-corrected chi connectivity index (χ4v) is 1.94. The van der Waals surface area contributed by atoms with Crippen molar-refractivity contribution >= 4 is 5.97 Å². The molecule has 0 heterocycles. The molecule has 98 valence electrons. The van der Waals surface area contributed by atoms with E-state index >= 15 is 0 Å². The molecule has 0 saturated heterocycles. The summed E-state index contributed by atoms with van der Waals surface area (Å²) in [6, 6.07) is 0. The van der Waals surface area contributed by atoms with Gasteiger partial charge in [0.15, 0.2) is 0 Å². The van der Waals surface area contributed by atoms with Gasteiger partial charge in [-0.15, -0.1) is 13.2 Å². The summed E-state index contributed by atoms with van der Waals surface area (Å²) in [6.07, 6.45) is 12.0. The van der Waals surface area contributed by atoms with E-state index in [0.29, 0.717) is 6.42 Å². The first kappa shape index (κ1) is 16.0. The number of carboxylic acid groups (broad SMARTS) is 1. The van der Waals surface area contributed by atoms with E-state index in [9.17, 15) is 4.79 Å². The maximum atomic E-state index is 11.1. The van der Waals surface area contributed by atoms with Crippen molar-refractivity contribution in [3.8, 4) is 0 Å². The quantitative estimate of drug-likeness (QED) is 0.423. The molecule has 0 radical (unpaired) electrons. The summed E-state index contributed by atoms with van der Waals surface area (Å²) in [5.74, 6) is -0.839. The van der Waals surface area contributed by atoms with Gasteiger partial charge in [-0.1, -0.05) is 64.0 Å². The number of unbranched alkanes of at least 4 members (excludes halogenated alkanes) is 6. The number of hydrogen-bond donors (Lipinski definition) is 1. The van der Waals surface area contributed by atoms with Gasteiger partial charge in [-0.2, -0.15) is 0 Å². The van der Waals surface area contributed by atoms with Gasteiger partial charge in [0.1, 0.15) is 5.41 Å². The predicted octanol–water partition coefficient (Wildman–Crippen LogP) is 4.57. The van der Waals surface area contributed by atoms with Crippen molar-refractivity contribution in [3.05, 3.63) is 25.3 Å². The van der Waals surface area contributed by atoms with Crippen LogP contribution in [-0.2, 0) is 4.79 Å². The molecule has 1 N–H and O–H groups in total. The normalized spacial score (nSPS) is 11.1. The molecule has 2 nitrogen and oxygen atoms in total. The standard InChI is InChI=1S/C15H26O2/c1-4-7-8-9-10-11-12-13-15(5-2,6-3)14(16)17/h5-6H,2-4,7-13H2,1H3,(H,16,17). The van der Waals surface area contributed by atoms with E-state index in [1.54, 1.807) is 0 Å². The fourth-order valence-electron chi connectivity index (χ4n) is 1.94. The summed E-state index contributed by atoms with van der Waals surface area (Å²) in [4.78, 5) is 11.1. The van der Waals surface area contributed by atoms with Crippen LogP contribution in [0.15, 0.2) is 25.3 Å². The summed E-state index contributed by atoms with van der Waals surface area (Å²) in [5, 5.41) is 9.15. The van der Waals surface area contributed by atoms with E-state index in [1.165, 1.54) is 44.3 Å². The van der Waals surface area contributed by atoms with Gasteiger partial charge in [0.25, 0.3) is 0 Å². The molecule has 0 atom stereocenters. The minimum absolute atomic E-state index is 0.614. The Labute approximate surface area is 105 Å². The molecule has 0 spiro atoms. The molecule has 0 bridgehead atoms. The molecule has 0 rings (SSSR count). The molecule has 0 aromatic heterocycles. The number of aliphatic carboxylic acids is 1. The lowest BCUT2D eigenvalue weighted by Gasteiger charge is -2.21. The zero-order chi connectivity index (χ0) is 13.1. The Morgan fingerprint density at radius 3 is 1.94 bits per heavy atom. The van der Waals surface area contributed by atoms with Crippen LogP contribution in [0, 0.1) is 5.41 Å². The van der Waals surface area contributed by atoms with Crippen LogP contribution in [0.4, 0.5) is 0 Å². The van der Waals surface area contributed by atoms with Crippen molar-refractivity contribution in [3.63, 3.8) is 0 Å². The molecule has 0 fully saturated rings. The van der Waals surface area contributed by atoms with Gasteiger partial charge in [-0.3, -0.25) is 4.79 Å². The lowest BCUT2D eigenvalue weighted by atomic mass is 9.83. The van der Waals surface area contributed by atoms with E-state index in [4.69, 9.17) is 5.11 Å². The first-order valence-electron chi connectivity index (χ1n) is 6.63. The first-order valence-corrected chi connectivity index (χ1v) is 6.63. The average Bonchev–Trinajstić information content (AvgIpc) is 2.33. The third-order valence-electron chi connectivity index (χ3n) is 3.32. The van der Waals surface area contributed by atoms with E-state index < -0.39 is 11.4 Å². The Kier molecular flexibility index (Phi) is 8.47. The zero-order valence-electron chi connectivity index (χ0n) is 11.1. The number of hydrogen-bond acceptors (Lipinski definition) is 1. The van der Waals surface area contributed by atoms with Crippen molar-refractivity contribution in [1.82, 2.24) is 0 Å². The van der Waals surface area contributed by atoms with Crippen LogP contribution in [0.5, 0.6) is 0 Å². The first-order chi connectivity index (χ1) is 8.13. The molecule has 0 aromatic carbocycles. The van der Waals surface area contributed by atoms with Crippen LogP contribution in [0.2, 0.25) is 0 Å².